The average Bonchev–Trinajstić information content (AvgIpc) is 2.60. The zero-order chi connectivity index (χ0) is 18.0. The van der Waals surface area contributed by atoms with Crippen molar-refractivity contribution in [1.29, 1.82) is 0 Å². The molecule has 0 spiro atoms. The minimum absolute atomic E-state index is 0.0343. The maximum absolute atomic E-state index is 12.3. The van der Waals surface area contributed by atoms with E-state index in [4.69, 9.17) is 16.3 Å². The zero-order valence-electron chi connectivity index (χ0n) is 14.3. The number of halogens is 1. The fourth-order valence-electron chi connectivity index (χ4n) is 3.12. The van der Waals surface area contributed by atoms with Gasteiger partial charge in [0.15, 0.2) is 0 Å². The third-order valence-corrected chi connectivity index (χ3v) is 4.47. The van der Waals surface area contributed by atoms with Crippen molar-refractivity contribution in [3.8, 4) is 11.3 Å². The Morgan fingerprint density at radius 1 is 1.40 bits per heavy atom. The Balaban J connectivity index is 2.04. The maximum Gasteiger partial charge on any atom is 0.246 e. The van der Waals surface area contributed by atoms with E-state index in [1.54, 1.807) is 11.1 Å². The smallest absolute Gasteiger partial charge is 0.246 e. The van der Waals surface area contributed by atoms with Gasteiger partial charge < -0.3 is 9.64 Å². The third-order valence-electron chi connectivity index (χ3n) is 4.25. The van der Waals surface area contributed by atoms with Crippen molar-refractivity contribution in [1.82, 2.24) is 14.9 Å². The van der Waals surface area contributed by atoms with Gasteiger partial charge in [-0.2, -0.15) is 0 Å². The normalized spacial score (nSPS) is 20.4. The summed E-state index contributed by atoms with van der Waals surface area (Å²) in [5.41, 5.74) is 2.60. The molecule has 25 heavy (non-hydrogen) atoms. The van der Waals surface area contributed by atoms with E-state index >= 15 is 0 Å². The number of rotatable bonds is 3. The summed E-state index contributed by atoms with van der Waals surface area (Å²) < 4.78 is 5.68. The highest BCUT2D eigenvalue weighted by molar-refractivity contribution is 6.31. The molecule has 2 heterocycles. The number of carbonyl (C=O) groups is 1. The predicted molar refractivity (Wildman–Crippen MR) is 97.3 cm³/mol. The monoisotopic (exact) mass is 357 g/mol. The Morgan fingerprint density at radius 3 is 2.92 bits per heavy atom. The quantitative estimate of drug-likeness (QED) is 0.788. The summed E-state index contributed by atoms with van der Waals surface area (Å²) >= 11 is 6.35. The molecule has 0 N–H and O–H groups in total. The van der Waals surface area contributed by atoms with E-state index in [-0.39, 0.29) is 18.0 Å². The highest BCUT2D eigenvalue weighted by atomic mass is 35.5. The van der Waals surface area contributed by atoms with Crippen LogP contribution in [0.4, 0.5) is 0 Å². The molecule has 3 rings (SSSR count). The SMILES string of the molecule is C=CC(=O)N1[C@H](C)COC[C@H]1c1cc(Cl)cc(-c2ccnc(C)n2)c1. The standard InChI is InChI=1S/C19H20ClN3O2/c1-4-19(24)23-12(2)10-25-11-18(23)15-7-14(8-16(20)9-15)17-5-6-21-13(3)22-17/h4-9,12,18H,1,10-11H2,2-3H3/t12-,18+/m1/s1. The lowest BCUT2D eigenvalue weighted by Gasteiger charge is -2.40. The predicted octanol–water partition coefficient (Wildman–Crippen LogP) is 3.58. The number of hydrogen-bond donors (Lipinski definition) is 0. The second kappa shape index (κ2) is 7.33. The molecule has 1 aromatic carbocycles. The largest absolute Gasteiger partial charge is 0.377 e. The van der Waals surface area contributed by atoms with Crippen molar-refractivity contribution in [3.63, 3.8) is 0 Å². The summed E-state index contributed by atoms with van der Waals surface area (Å²) in [4.78, 5) is 22.7. The summed E-state index contributed by atoms with van der Waals surface area (Å²) in [6.45, 7) is 8.36. The van der Waals surface area contributed by atoms with Crippen LogP contribution in [0.1, 0.15) is 24.4 Å². The second-order valence-electron chi connectivity index (χ2n) is 6.11. The number of aromatic nitrogens is 2. The molecule has 5 nitrogen and oxygen atoms in total. The molecule has 0 saturated carbocycles. The lowest BCUT2D eigenvalue weighted by atomic mass is 9.99. The molecule has 1 aliphatic rings. The van der Waals surface area contributed by atoms with E-state index in [1.165, 1.54) is 6.08 Å². The number of morpholine rings is 1. The molecule has 1 amide bonds. The van der Waals surface area contributed by atoms with Gasteiger partial charge in [0.05, 0.1) is 31.0 Å². The number of hydrogen-bond acceptors (Lipinski definition) is 4. The van der Waals surface area contributed by atoms with E-state index in [9.17, 15) is 4.79 Å². The first-order valence-electron chi connectivity index (χ1n) is 8.12. The first kappa shape index (κ1) is 17.6. The summed E-state index contributed by atoms with van der Waals surface area (Å²) in [7, 11) is 0. The van der Waals surface area contributed by atoms with Gasteiger partial charge >= 0.3 is 0 Å². The number of aryl methyl sites for hydroxylation is 1. The first-order valence-corrected chi connectivity index (χ1v) is 8.50. The molecule has 0 aliphatic carbocycles. The summed E-state index contributed by atoms with van der Waals surface area (Å²) in [5.74, 6) is 0.581. The molecule has 2 atom stereocenters. The van der Waals surface area contributed by atoms with Crippen LogP contribution in [0.25, 0.3) is 11.3 Å². The molecular weight excluding hydrogens is 338 g/mol. The van der Waals surface area contributed by atoms with Crippen LogP contribution in [0.15, 0.2) is 43.1 Å². The van der Waals surface area contributed by atoms with Gasteiger partial charge in [-0.15, -0.1) is 0 Å². The van der Waals surface area contributed by atoms with Crippen LogP contribution in [-0.2, 0) is 9.53 Å². The third kappa shape index (κ3) is 3.72. The molecule has 1 aliphatic heterocycles. The Bertz CT molecular complexity index is 809. The van der Waals surface area contributed by atoms with Crippen LogP contribution in [0.3, 0.4) is 0 Å². The molecule has 130 valence electrons. The number of nitrogens with zero attached hydrogens (tertiary/aromatic N) is 3. The molecule has 0 bridgehead atoms. The fourth-order valence-corrected chi connectivity index (χ4v) is 3.36. The highest BCUT2D eigenvalue weighted by Crippen LogP contribution is 2.32. The molecule has 2 aromatic rings. The van der Waals surface area contributed by atoms with Crippen LogP contribution in [-0.4, -0.2) is 40.0 Å². The van der Waals surface area contributed by atoms with Gasteiger partial charge in [0, 0.05) is 16.8 Å². The van der Waals surface area contributed by atoms with Gasteiger partial charge in [0.1, 0.15) is 5.82 Å². The van der Waals surface area contributed by atoms with Crippen LogP contribution in [0, 0.1) is 6.92 Å². The van der Waals surface area contributed by atoms with Crippen molar-refractivity contribution < 1.29 is 9.53 Å². The summed E-state index contributed by atoms with van der Waals surface area (Å²) in [6, 6.07) is 7.33. The van der Waals surface area contributed by atoms with Crippen LogP contribution >= 0.6 is 11.6 Å². The van der Waals surface area contributed by atoms with Gasteiger partial charge in [0.25, 0.3) is 0 Å². The molecule has 0 radical (unpaired) electrons. The van der Waals surface area contributed by atoms with Gasteiger partial charge in [-0.1, -0.05) is 18.2 Å². The van der Waals surface area contributed by atoms with Crippen molar-refractivity contribution in [2.45, 2.75) is 25.9 Å². The van der Waals surface area contributed by atoms with Crippen molar-refractivity contribution >= 4 is 17.5 Å². The van der Waals surface area contributed by atoms with E-state index in [0.717, 1.165) is 16.8 Å². The van der Waals surface area contributed by atoms with E-state index < -0.39 is 0 Å². The van der Waals surface area contributed by atoms with Gasteiger partial charge in [-0.25, -0.2) is 9.97 Å². The van der Waals surface area contributed by atoms with Crippen molar-refractivity contribution in [3.05, 3.63) is 59.5 Å². The average molecular weight is 358 g/mol. The fraction of sp³-hybridized carbons (Fsp3) is 0.316. The molecule has 0 unspecified atom stereocenters. The summed E-state index contributed by atoms with van der Waals surface area (Å²) in [5, 5.41) is 0.591. The van der Waals surface area contributed by atoms with Crippen LogP contribution in [0.2, 0.25) is 5.02 Å². The molecule has 1 saturated heterocycles. The van der Waals surface area contributed by atoms with Crippen molar-refractivity contribution in [2.24, 2.45) is 0 Å². The molecule has 6 heteroatoms. The Morgan fingerprint density at radius 2 is 2.20 bits per heavy atom. The number of benzene rings is 1. The van der Waals surface area contributed by atoms with Crippen LogP contribution < -0.4 is 0 Å². The molecule has 1 fully saturated rings. The van der Waals surface area contributed by atoms with Gasteiger partial charge in [-0.05, 0) is 49.8 Å². The zero-order valence-corrected chi connectivity index (χ0v) is 15.0. The molecule has 1 aromatic heterocycles. The molecular formula is C19H20ClN3O2. The minimum Gasteiger partial charge on any atom is -0.377 e. The maximum atomic E-state index is 12.3. The summed E-state index contributed by atoms with van der Waals surface area (Å²) in [6.07, 6.45) is 3.06. The number of ether oxygens (including phenoxy) is 1. The lowest BCUT2D eigenvalue weighted by Crippen LogP contribution is -2.48. The highest BCUT2D eigenvalue weighted by Gasteiger charge is 2.32. The number of amides is 1. The second-order valence-corrected chi connectivity index (χ2v) is 6.55. The van der Waals surface area contributed by atoms with Gasteiger partial charge in [-0.3, -0.25) is 4.79 Å². The minimum atomic E-state index is -0.213. The topological polar surface area (TPSA) is 55.3 Å². The Labute approximate surface area is 152 Å². The first-order chi connectivity index (χ1) is 12.0. The Kier molecular flexibility index (Phi) is 5.16. The van der Waals surface area contributed by atoms with E-state index in [2.05, 4.69) is 16.5 Å². The number of carbonyl (C=O) groups excluding carboxylic acids is 1. The Hall–Kier alpha value is -2.24. The lowest BCUT2D eigenvalue weighted by molar-refractivity contribution is -0.140. The van der Waals surface area contributed by atoms with E-state index in [1.807, 2.05) is 38.1 Å². The van der Waals surface area contributed by atoms with E-state index in [0.29, 0.717) is 24.1 Å². The van der Waals surface area contributed by atoms with Crippen molar-refractivity contribution in [2.75, 3.05) is 13.2 Å². The van der Waals surface area contributed by atoms with Gasteiger partial charge in [0.2, 0.25) is 5.91 Å². The van der Waals surface area contributed by atoms with Crippen LogP contribution in [0.5, 0.6) is 0 Å².